The van der Waals surface area contributed by atoms with Crippen LogP contribution in [0.5, 0.6) is 0 Å². The van der Waals surface area contributed by atoms with Gasteiger partial charge in [0.2, 0.25) is 11.8 Å². The number of aryl methyl sites for hydroxylation is 1. The Morgan fingerprint density at radius 1 is 1.08 bits per heavy atom. The molecule has 0 radical (unpaired) electrons. The number of hydrogen-bond donors (Lipinski definition) is 2. The molecular weight excluding hydrogens is 964 g/mol. The van der Waals surface area contributed by atoms with Crippen molar-refractivity contribution in [1.82, 2.24) is 54.8 Å². The zero-order valence-corrected chi connectivity index (χ0v) is 43.5. The van der Waals surface area contributed by atoms with Crippen LogP contribution in [0.4, 0.5) is 18.0 Å². The maximum atomic E-state index is 14.8. The van der Waals surface area contributed by atoms with Crippen LogP contribution >= 0.6 is 0 Å². The first kappa shape index (κ1) is 53.9. The Kier molecular flexibility index (Phi) is 15.6. The number of carbonyl (C=O) groups is 5. The second kappa shape index (κ2) is 21.5. The monoisotopic (exact) mass is 1030 g/mol. The molecule has 5 amide bonds. The highest BCUT2D eigenvalue weighted by molar-refractivity contribution is 5.95. The molecule has 22 heteroatoms. The number of morpholine rings is 1. The number of nitrogens with one attached hydrogen (secondary N) is 2. The van der Waals surface area contributed by atoms with Crippen LogP contribution < -0.4 is 10.7 Å². The van der Waals surface area contributed by atoms with Crippen LogP contribution in [0.15, 0.2) is 49.2 Å². The summed E-state index contributed by atoms with van der Waals surface area (Å²) in [7, 11) is 4.73. The quantitative estimate of drug-likeness (QED) is 0.161. The van der Waals surface area contributed by atoms with Gasteiger partial charge in [0, 0.05) is 87.4 Å². The second-order valence-corrected chi connectivity index (χ2v) is 21.1. The molecule has 19 nitrogen and oxygen atoms in total. The second-order valence-electron chi connectivity index (χ2n) is 21.1. The van der Waals surface area contributed by atoms with Gasteiger partial charge in [-0.1, -0.05) is 34.3 Å². The fourth-order valence-corrected chi connectivity index (χ4v) is 10.9. The van der Waals surface area contributed by atoms with Crippen molar-refractivity contribution in [3.8, 4) is 22.6 Å². The smallest absolute Gasteiger partial charge is 0.406 e. The summed E-state index contributed by atoms with van der Waals surface area (Å²) in [5.74, 6) is -1.85. The molecule has 1 unspecified atom stereocenters. The fraction of sp³-hybridized carbons (Fsp3) is 0.577. The molecule has 7 heterocycles. The number of piperidine rings is 1. The Labute approximate surface area is 428 Å². The third kappa shape index (κ3) is 11.3. The topological polar surface area (TPSA) is 199 Å². The molecule has 3 fully saturated rings. The van der Waals surface area contributed by atoms with Crippen molar-refractivity contribution in [3.05, 3.63) is 66.3 Å². The van der Waals surface area contributed by atoms with Crippen molar-refractivity contribution in [2.45, 2.75) is 116 Å². The molecule has 3 aromatic heterocycles. The Balaban J connectivity index is 1.14. The van der Waals surface area contributed by atoms with Crippen molar-refractivity contribution in [3.63, 3.8) is 0 Å². The highest BCUT2D eigenvalue weighted by Crippen LogP contribution is 2.43. The number of benzene rings is 1. The zero-order valence-electron chi connectivity index (χ0n) is 43.5. The van der Waals surface area contributed by atoms with Gasteiger partial charge < -0.3 is 38.8 Å². The van der Waals surface area contributed by atoms with E-state index < -0.39 is 71.7 Å². The minimum absolute atomic E-state index is 0.118. The van der Waals surface area contributed by atoms with Crippen LogP contribution in [-0.4, -0.2) is 164 Å². The molecule has 4 atom stereocenters. The molecule has 2 N–H and O–H groups in total. The van der Waals surface area contributed by atoms with Crippen LogP contribution in [0.2, 0.25) is 0 Å². The number of urea groups is 1. The zero-order chi connectivity index (χ0) is 53.4. The summed E-state index contributed by atoms with van der Waals surface area (Å²) >= 11 is 0. The molecule has 74 heavy (non-hydrogen) atoms. The van der Waals surface area contributed by atoms with E-state index in [4.69, 9.17) is 24.3 Å². The number of rotatable bonds is 9. The molecule has 400 valence electrons. The van der Waals surface area contributed by atoms with E-state index in [1.165, 1.54) is 32.3 Å². The van der Waals surface area contributed by atoms with Crippen molar-refractivity contribution in [2.24, 2.45) is 18.4 Å². The normalized spacial score (nSPS) is 21.3. The Morgan fingerprint density at radius 3 is 2.51 bits per heavy atom. The van der Waals surface area contributed by atoms with Crippen molar-refractivity contribution >= 4 is 40.6 Å². The summed E-state index contributed by atoms with van der Waals surface area (Å²) in [5, 5.41) is 9.45. The van der Waals surface area contributed by atoms with Gasteiger partial charge in [-0.15, -0.1) is 0 Å². The lowest BCUT2D eigenvalue weighted by molar-refractivity contribution is -0.155. The van der Waals surface area contributed by atoms with E-state index in [2.05, 4.69) is 22.3 Å². The maximum Gasteiger partial charge on any atom is 0.406 e. The van der Waals surface area contributed by atoms with Crippen molar-refractivity contribution in [2.75, 3.05) is 60.1 Å². The first-order valence-electron chi connectivity index (χ1n) is 25.2. The Morgan fingerprint density at radius 2 is 1.82 bits per heavy atom. The van der Waals surface area contributed by atoms with Crippen molar-refractivity contribution < 1.29 is 51.4 Å². The summed E-state index contributed by atoms with van der Waals surface area (Å²) in [6.07, 6.45) is -0.645. The average molecular weight is 1030 g/mol. The lowest BCUT2D eigenvalue weighted by Gasteiger charge is -2.47. The highest BCUT2D eigenvalue weighted by Gasteiger charge is 2.44. The first-order chi connectivity index (χ1) is 35.0. The van der Waals surface area contributed by atoms with Gasteiger partial charge in [-0.2, -0.15) is 18.3 Å². The van der Waals surface area contributed by atoms with E-state index in [0.717, 1.165) is 0 Å². The number of ether oxygens (including phenoxy) is 3. The van der Waals surface area contributed by atoms with E-state index in [1.807, 2.05) is 13.8 Å². The standard InChI is InChI=1S/C52H68F3N11O8/c1-10-41(67)64-23-24-74-51(28-64)17-21-63(22-18-51)49(71)61(7)43(31(2)3)46(68)57-38-26-40-58-45(62(8)60-40)33-15-16-39-35(25-33)36(27-50(5,6)30-73-48(70)37-14-12-20-66(59-37)47(38)69)44(65(39)29-52(53,54)55)34-13-11-19-56-42(34)32(4)72-9/h10-11,13,15-16,19,25,31-32,37-38,43,59H,1,12,14,17-18,20-24,26-30H2,2-9H3,(H,57,68)/t32-,37-,38-,43?/m0/s1. The summed E-state index contributed by atoms with van der Waals surface area (Å²) in [6.45, 7) is 13.4. The van der Waals surface area contributed by atoms with Gasteiger partial charge in [-0.25, -0.2) is 19.9 Å². The summed E-state index contributed by atoms with van der Waals surface area (Å²) in [6, 6.07) is 4.84. The minimum atomic E-state index is -4.62. The highest BCUT2D eigenvalue weighted by atomic mass is 19.4. The van der Waals surface area contributed by atoms with Crippen LogP contribution in [0.25, 0.3) is 33.5 Å². The molecule has 4 aliphatic rings. The predicted molar refractivity (Wildman–Crippen MR) is 267 cm³/mol. The van der Waals surface area contributed by atoms with Crippen LogP contribution in [-0.2, 0) is 59.8 Å². The summed E-state index contributed by atoms with van der Waals surface area (Å²) in [5.41, 5.74) is 4.21. The number of halogens is 3. The first-order valence-corrected chi connectivity index (χ1v) is 25.2. The molecule has 8 rings (SSSR count). The van der Waals surface area contributed by atoms with Gasteiger partial charge in [-0.3, -0.25) is 29.2 Å². The van der Waals surface area contributed by atoms with Gasteiger partial charge in [0.1, 0.15) is 24.7 Å². The van der Waals surface area contributed by atoms with Gasteiger partial charge in [-0.05, 0) is 86.9 Å². The van der Waals surface area contributed by atoms with E-state index in [-0.39, 0.29) is 43.8 Å². The van der Waals surface area contributed by atoms with Gasteiger partial charge >= 0.3 is 18.2 Å². The Bertz CT molecular complexity index is 2780. The summed E-state index contributed by atoms with van der Waals surface area (Å²) < 4.78 is 64.8. The van der Waals surface area contributed by atoms with E-state index >= 15 is 0 Å². The molecule has 0 saturated carbocycles. The summed E-state index contributed by atoms with van der Waals surface area (Å²) in [4.78, 5) is 84.3. The number of amides is 5. The predicted octanol–water partition coefficient (Wildman–Crippen LogP) is 5.37. The number of likely N-dealkylation sites (tertiary alicyclic amines) is 1. The minimum Gasteiger partial charge on any atom is -0.464 e. The number of cyclic esters (lactones) is 1. The van der Waals surface area contributed by atoms with Crippen LogP contribution in [0, 0.1) is 11.3 Å². The number of alkyl halides is 3. The number of pyridine rings is 1. The van der Waals surface area contributed by atoms with E-state index in [1.54, 1.807) is 81.2 Å². The molecule has 4 aliphatic heterocycles. The number of aromatic nitrogens is 5. The number of nitrogens with zero attached hydrogens (tertiary/aromatic N) is 9. The Hall–Kier alpha value is -6.39. The third-order valence-corrected chi connectivity index (χ3v) is 14.7. The van der Waals surface area contributed by atoms with Crippen LogP contribution in [0.3, 0.4) is 0 Å². The number of hydrazine groups is 1. The lowest BCUT2D eigenvalue weighted by atomic mass is 9.84. The molecule has 6 bridgehead atoms. The fourth-order valence-electron chi connectivity index (χ4n) is 10.9. The van der Waals surface area contributed by atoms with Crippen LogP contribution in [0.1, 0.15) is 83.5 Å². The van der Waals surface area contributed by atoms with Gasteiger partial charge in [0.15, 0.2) is 11.6 Å². The number of fused-ring (bicyclic) bond motifs is 6. The van der Waals surface area contributed by atoms with E-state index in [9.17, 15) is 37.1 Å². The average Bonchev–Trinajstić information content (AvgIpc) is 3.88. The van der Waals surface area contributed by atoms with Gasteiger partial charge in [0.25, 0.3) is 5.91 Å². The number of hydrogen-bond acceptors (Lipinski definition) is 12. The molecule has 1 aromatic carbocycles. The molecule has 4 aromatic rings. The molecule has 3 saturated heterocycles. The number of methoxy groups -OCH3 is 1. The molecular formula is C52H68F3N11O8. The number of likely N-dealkylation sites (N-methyl/N-ethyl adjacent to an activating group) is 1. The third-order valence-electron chi connectivity index (χ3n) is 14.7. The largest absolute Gasteiger partial charge is 0.464 e. The molecule has 1 spiro atoms. The number of esters is 1. The van der Waals surface area contributed by atoms with Crippen molar-refractivity contribution in [1.29, 1.82) is 0 Å². The molecule has 0 aliphatic carbocycles. The SMILES string of the molecule is C=CC(=O)N1CCOC2(CCN(C(=O)N(C)C(C(=O)N[C@H]3Cc4nc(n(C)n4)-c4ccc5c(c4)c(c(-c4cccnc4[C@H](C)OC)n5CC(F)(F)F)CC(C)(C)COC(=O)[C@@H]4CCCN(N4)C3=O)C(C)C)CC2)C1. The van der Waals surface area contributed by atoms with E-state index in [0.29, 0.717) is 103 Å². The maximum absolute atomic E-state index is 14.8. The number of carbonyl (C=O) groups excluding carboxylic acids is 5. The van der Waals surface area contributed by atoms with Gasteiger partial charge in [0.05, 0.1) is 42.9 Å². The lowest BCUT2D eigenvalue weighted by Crippen LogP contribution is -2.63.